The van der Waals surface area contributed by atoms with Crippen LogP contribution in [-0.2, 0) is 17.8 Å². The van der Waals surface area contributed by atoms with Crippen LogP contribution in [0.2, 0.25) is 0 Å². The molecule has 1 N–H and O–H groups in total. The summed E-state index contributed by atoms with van der Waals surface area (Å²) in [6.45, 7) is 7.62. The van der Waals surface area contributed by atoms with Gasteiger partial charge in [-0.3, -0.25) is 9.69 Å². The molecule has 0 aliphatic carbocycles. The molecule has 134 valence electrons. The van der Waals surface area contributed by atoms with Crippen molar-refractivity contribution in [2.24, 2.45) is 0 Å². The molecule has 0 aromatic carbocycles. The number of nitrogens with zero attached hydrogens (tertiary/aromatic N) is 4. The third-order valence-electron chi connectivity index (χ3n) is 4.28. The van der Waals surface area contributed by atoms with E-state index in [-0.39, 0.29) is 11.9 Å². The van der Waals surface area contributed by atoms with E-state index in [1.54, 1.807) is 13.0 Å². The third kappa shape index (κ3) is 3.79. The Labute approximate surface area is 146 Å². The van der Waals surface area contributed by atoms with Crippen molar-refractivity contribution in [1.29, 1.82) is 0 Å². The number of amides is 1. The predicted molar refractivity (Wildman–Crippen MR) is 91.3 cm³/mol. The van der Waals surface area contributed by atoms with Crippen molar-refractivity contribution < 1.29 is 14.1 Å². The van der Waals surface area contributed by atoms with E-state index in [2.05, 4.69) is 25.3 Å². The van der Waals surface area contributed by atoms with Gasteiger partial charge in [0, 0.05) is 31.1 Å². The van der Waals surface area contributed by atoms with Crippen LogP contribution in [0.4, 0.5) is 5.82 Å². The highest BCUT2D eigenvalue weighted by atomic mass is 16.5. The number of hydrogen-bond donors (Lipinski definition) is 1. The van der Waals surface area contributed by atoms with E-state index in [4.69, 9.17) is 9.26 Å². The third-order valence-corrected chi connectivity index (χ3v) is 4.28. The van der Waals surface area contributed by atoms with Gasteiger partial charge in [-0.05, 0) is 20.3 Å². The minimum absolute atomic E-state index is 0.0888. The van der Waals surface area contributed by atoms with E-state index in [1.807, 2.05) is 13.8 Å². The zero-order valence-corrected chi connectivity index (χ0v) is 14.8. The Morgan fingerprint density at radius 1 is 1.44 bits per heavy atom. The summed E-state index contributed by atoms with van der Waals surface area (Å²) in [6.07, 6.45) is 3.00. The lowest BCUT2D eigenvalue weighted by atomic mass is 10.0. The van der Waals surface area contributed by atoms with Crippen LogP contribution in [0.15, 0.2) is 16.9 Å². The van der Waals surface area contributed by atoms with Crippen molar-refractivity contribution in [1.82, 2.24) is 20.0 Å². The van der Waals surface area contributed by atoms with E-state index in [9.17, 15) is 4.79 Å². The zero-order valence-electron chi connectivity index (χ0n) is 14.8. The molecule has 0 bridgehead atoms. The SMILES string of the molecule is CCOc1ncnc2c1CN(C(CC)C(=O)Nc1cc(C)on1)CC2. The summed E-state index contributed by atoms with van der Waals surface area (Å²) >= 11 is 0. The maximum Gasteiger partial charge on any atom is 0.242 e. The number of ether oxygens (including phenoxy) is 1. The largest absolute Gasteiger partial charge is 0.478 e. The van der Waals surface area contributed by atoms with Crippen molar-refractivity contribution in [3.8, 4) is 5.88 Å². The fraction of sp³-hybridized carbons (Fsp3) is 0.529. The number of aromatic nitrogens is 3. The topological polar surface area (TPSA) is 93.4 Å². The molecule has 25 heavy (non-hydrogen) atoms. The maximum atomic E-state index is 12.7. The first kappa shape index (κ1) is 17.3. The molecule has 3 rings (SSSR count). The van der Waals surface area contributed by atoms with E-state index < -0.39 is 0 Å². The van der Waals surface area contributed by atoms with Crippen molar-refractivity contribution in [2.75, 3.05) is 18.5 Å². The number of fused-ring (bicyclic) bond motifs is 1. The Morgan fingerprint density at radius 3 is 2.96 bits per heavy atom. The fourth-order valence-electron chi connectivity index (χ4n) is 3.11. The monoisotopic (exact) mass is 345 g/mol. The molecule has 0 saturated carbocycles. The molecule has 0 saturated heterocycles. The van der Waals surface area contributed by atoms with Gasteiger partial charge in [0.1, 0.15) is 12.1 Å². The van der Waals surface area contributed by atoms with E-state index >= 15 is 0 Å². The lowest BCUT2D eigenvalue weighted by Crippen LogP contribution is -2.46. The zero-order chi connectivity index (χ0) is 17.8. The average molecular weight is 345 g/mol. The molecule has 8 nitrogen and oxygen atoms in total. The molecular weight excluding hydrogens is 322 g/mol. The van der Waals surface area contributed by atoms with Crippen LogP contribution in [0, 0.1) is 6.92 Å². The first-order valence-electron chi connectivity index (χ1n) is 8.56. The number of rotatable bonds is 6. The van der Waals surface area contributed by atoms with Crippen molar-refractivity contribution in [3.05, 3.63) is 29.4 Å². The summed E-state index contributed by atoms with van der Waals surface area (Å²) in [6, 6.07) is 1.44. The molecule has 1 atom stereocenters. The lowest BCUT2D eigenvalue weighted by molar-refractivity contribution is -0.121. The lowest BCUT2D eigenvalue weighted by Gasteiger charge is -2.33. The van der Waals surface area contributed by atoms with Crippen LogP contribution >= 0.6 is 0 Å². The Hall–Kier alpha value is -2.48. The first-order chi connectivity index (χ1) is 12.1. The van der Waals surface area contributed by atoms with E-state index in [0.29, 0.717) is 37.0 Å². The van der Waals surface area contributed by atoms with Gasteiger partial charge in [0.05, 0.1) is 18.3 Å². The van der Waals surface area contributed by atoms with Crippen LogP contribution in [0.1, 0.15) is 37.3 Å². The highest BCUT2D eigenvalue weighted by Gasteiger charge is 2.30. The standard InChI is InChI=1S/C17H23N5O3/c1-4-14(16(23)20-15-8-11(3)25-21-15)22-7-6-13-12(9-22)17(24-5-2)19-10-18-13/h8,10,14H,4-7,9H2,1-3H3,(H,20,21,23). The van der Waals surface area contributed by atoms with Gasteiger partial charge in [-0.1, -0.05) is 12.1 Å². The Balaban J connectivity index is 1.75. The van der Waals surface area contributed by atoms with Crippen LogP contribution in [-0.4, -0.2) is 45.1 Å². The Morgan fingerprint density at radius 2 is 2.28 bits per heavy atom. The highest BCUT2D eigenvalue weighted by molar-refractivity contribution is 5.94. The average Bonchev–Trinajstić information content (AvgIpc) is 3.01. The van der Waals surface area contributed by atoms with Crippen molar-refractivity contribution in [3.63, 3.8) is 0 Å². The number of carbonyl (C=O) groups is 1. The molecule has 8 heteroatoms. The highest BCUT2D eigenvalue weighted by Crippen LogP contribution is 2.26. The summed E-state index contributed by atoms with van der Waals surface area (Å²) in [7, 11) is 0. The van der Waals surface area contributed by atoms with Crippen LogP contribution in [0.3, 0.4) is 0 Å². The molecule has 0 radical (unpaired) electrons. The summed E-state index contributed by atoms with van der Waals surface area (Å²) in [5, 5.41) is 6.65. The number of nitrogens with one attached hydrogen (secondary N) is 1. The van der Waals surface area contributed by atoms with Gasteiger partial charge in [-0.15, -0.1) is 0 Å². The van der Waals surface area contributed by atoms with Gasteiger partial charge in [0.2, 0.25) is 11.8 Å². The molecular formula is C17H23N5O3. The molecule has 0 fully saturated rings. The molecule has 2 aromatic heterocycles. The minimum Gasteiger partial charge on any atom is -0.478 e. The number of carbonyl (C=O) groups excluding carboxylic acids is 1. The summed E-state index contributed by atoms with van der Waals surface area (Å²) in [4.78, 5) is 23.4. The first-order valence-corrected chi connectivity index (χ1v) is 8.56. The maximum absolute atomic E-state index is 12.7. The molecule has 0 spiro atoms. The molecule has 1 unspecified atom stereocenters. The second kappa shape index (κ2) is 7.60. The van der Waals surface area contributed by atoms with Gasteiger partial charge in [0.15, 0.2) is 5.82 Å². The Kier molecular flexibility index (Phi) is 5.28. The van der Waals surface area contributed by atoms with Crippen LogP contribution in [0.5, 0.6) is 5.88 Å². The second-order valence-electron chi connectivity index (χ2n) is 5.99. The van der Waals surface area contributed by atoms with Crippen molar-refractivity contribution in [2.45, 2.75) is 46.2 Å². The second-order valence-corrected chi connectivity index (χ2v) is 5.99. The molecule has 1 amide bonds. The minimum atomic E-state index is -0.264. The quantitative estimate of drug-likeness (QED) is 0.855. The normalized spacial score (nSPS) is 15.5. The van der Waals surface area contributed by atoms with Gasteiger partial charge >= 0.3 is 0 Å². The van der Waals surface area contributed by atoms with Crippen LogP contribution in [0.25, 0.3) is 0 Å². The smallest absolute Gasteiger partial charge is 0.242 e. The molecule has 3 heterocycles. The summed E-state index contributed by atoms with van der Waals surface area (Å²) in [5.41, 5.74) is 1.97. The number of aryl methyl sites for hydroxylation is 1. The van der Waals surface area contributed by atoms with E-state index in [1.165, 1.54) is 6.33 Å². The fourth-order valence-corrected chi connectivity index (χ4v) is 3.11. The summed E-state index contributed by atoms with van der Waals surface area (Å²) in [5.74, 6) is 1.62. The Bertz CT molecular complexity index is 746. The predicted octanol–water partition coefficient (Wildman–Crippen LogP) is 1.95. The number of anilines is 1. The summed E-state index contributed by atoms with van der Waals surface area (Å²) < 4.78 is 10.6. The molecule has 1 aliphatic rings. The molecule has 2 aromatic rings. The van der Waals surface area contributed by atoms with Gasteiger partial charge in [0.25, 0.3) is 0 Å². The van der Waals surface area contributed by atoms with Crippen LogP contribution < -0.4 is 10.1 Å². The van der Waals surface area contributed by atoms with Crippen molar-refractivity contribution >= 4 is 11.7 Å². The van der Waals surface area contributed by atoms with Gasteiger partial charge < -0.3 is 14.6 Å². The molecule has 1 aliphatic heterocycles. The van der Waals surface area contributed by atoms with Gasteiger partial charge in [-0.2, -0.15) is 0 Å². The van der Waals surface area contributed by atoms with Gasteiger partial charge in [-0.25, -0.2) is 9.97 Å². The van der Waals surface area contributed by atoms with E-state index in [0.717, 1.165) is 24.2 Å². The number of hydrogen-bond acceptors (Lipinski definition) is 7.